The van der Waals surface area contributed by atoms with Crippen LogP contribution >= 0.6 is 0 Å². The number of carbonyl (C=O) groups is 4. The third-order valence-electron chi connectivity index (χ3n) is 5.26. The molecule has 1 aliphatic carbocycles. The molecule has 0 bridgehead atoms. The minimum absolute atomic E-state index is 0.0111. The Labute approximate surface area is 211 Å². The number of hydrogen-bond acceptors (Lipinski definition) is 8. The molecule has 0 aromatic rings. The van der Waals surface area contributed by atoms with Crippen molar-refractivity contribution in [2.75, 3.05) is 19.8 Å². The van der Waals surface area contributed by atoms with Crippen molar-refractivity contribution in [3.63, 3.8) is 0 Å². The number of carboxylic acid groups (broad SMARTS) is 2. The van der Waals surface area contributed by atoms with Gasteiger partial charge < -0.3 is 29.2 Å². The third kappa shape index (κ3) is 13.6. The van der Waals surface area contributed by atoms with Crippen molar-refractivity contribution in [3.8, 4) is 0 Å². The Morgan fingerprint density at radius 3 is 2.08 bits per heavy atom. The zero-order valence-electron chi connectivity index (χ0n) is 20.9. The van der Waals surface area contributed by atoms with Crippen LogP contribution in [0.2, 0.25) is 0 Å². The van der Waals surface area contributed by atoms with Crippen LogP contribution in [0, 0.1) is 5.92 Å². The summed E-state index contributed by atoms with van der Waals surface area (Å²) in [6, 6.07) is 0. The lowest BCUT2D eigenvalue weighted by molar-refractivity contribution is -0.145. The van der Waals surface area contributed by atoms with Gasteiger partial charge in [0.1, 0.15) is 18.3 Å². The standard InChI is InChI=1S/C10H12O5.C9H14O2.C7H10O3/c1-6(10(13)14)7(2-3-9(11)12)4-8-5-15-8;1-3-5-9(6-7-9)11-8(10)4-2;1-5(2)7(8)10-4-6-3-9-6/h2-3,7-8H,1,4-5H2,(H,11,12)(H,13,14);4H,2-3,5-7H2,1H3;6H,1,3-4H2,2H3. The first-order valence-corrected chi connectivity index (χ1v) is 11.7. The second-order valence-corrected chi connectivity index (χ2v) is 8.72. The Morgan fingerprint density at radius 2 is 1.69 bits per heavy atom. The highest BCUT2D eigenvalue weighted by Crippen LogP contribution is 2.43. The van der Waals surface area contributed by atoms with E-state index in [-0.39, 0.29) is 35.3 Å². The summed E-state index contributed by atoms with van der Waals surface area (Å²) in [6.45, 7) is 15.6. The maximum atomic E-state index is 10.8. The molecule has 10 heteroatoms. The van der Waals surface area contributed by atoms with Crippen LogP contribution in [0.3, 0.4) is 0 Å². The predicted molar refractivity (Wildman–Crippen MR) is 130 cm³/mol. The molecule has 10 nitrogen and oxygen atoms in total. The van der Waals surface area contributed by atoms with E-state index >= 15 is 0 Å². The first-order chi connectivity index (χ1) is 16.9. The van der Waals surface area contributed by atoms with E-state index in [9.17, 15) is 19.2 Å². The number of ether oxygens (including phenoxy) is 4. The monoisotopic (exact) mass is 508 g/mol. The SMILES string of the molecule is C=C(C(=O)O)C(C=CC(=O)O)CC1CO1.C=C(C)C(=O)OCC1CO1.C=CC(=O)OC1(CCC)CC1. The minimum atomic E-state index is -1.12. The lowest BCUT2D eigenvalue weighted by Crippen LogP contribution is -2.17. The van der Waals surface area contributed by atoms with Crippen LogP contribution in [0.1, 0.15) is 46.0 Å². The molecule has 0 amide bonds. The molecule has 3 unspecified atom stereocenters. The number of esters is 2. The van der Waals surface area contributed by atoms with Gasteiger partial charge in [-0.2, -0.15) is 0 Å². The maximum absolute atomic E-state index is 10.8. The fraction of sp³-hybridized carbons (Fsp3) is 0.538. The van der Waals surface area contributed by atoms with E-state index in [0.29, 0.717) is 31.8 Å². The summed E-state index contributed by atoms with van der Waals surface area (Å²) in [5.74, 6) is -3.32. The van der Waals surface area contributed by atoms with Crippen LogP contribution in [0.4, 0.5) is 0 Å². The van der Waals surface area contributed by atoms with Crippen molar-refractivity contribution in [3.05, 3.63) is 49.1 Å². The van der Waals surface area contributed by atoms with Gasteiger partial charge in [0.2, 0.25) is 0 Å². The molecule has 0 radical (unpaired) electrons. The zero-order valence-corrected chi connectivity index (χ0v) is 20.9. The molecule has 0 spiro atoms. The van der Waals surface area contributed by atoms with Gasteiger partial charge in [0.15, 0.2) is 0 Å². The Kier molecular flexibility index (Phi) is 12.8. The molecule has 200 valence electrons. The number of carboxylic acids is 2. The fourth-order valence-corrected chi connectivity index (χ4v) is 2.89. The molecule has 3 fully saturated rings. The van der Waals surface area contributed by atoms with Gasteiger partial charge >= 0.3 is 23.9 Å². The first-order valence-electron chi connectivity index (χ1n) is 11.7. The van der Waals surface area contributed by atoms with Gasteiger partial charge in [-0.15, -0.1) is 0 Å². The van der Waals surface area contributed by atoms with Crippen LogP contribution in [-0.2, 0) is 38.1 Å². The average molecular weight is 509 g/mol. The van der Waals surface area contributed by atoms with E-state index in [1.165, 1.54) is 12.2 Å². The molecule has 0 aromatic heterocycles. The van der Waals surface area contributed by atoms with Crippen molar-refractivity contribution in [2.24, 2.45) is 5.92 Å². The van der Waals surface area contributed by atoms with E-state index < -0.39 is 17.9 Å². The number of epoxide rings is 2. The Morgan fingerprint density at radius 1 is 1.11 bits per heavy atom. The van der Waals surface area contributed by atoms with E-state index in [1.54, 1.807) is 6.92 Å². The van der Waals surface area contributed by atoms with Crippen molar-refractivity contribution >= 4 is 23.9 Å². The smallest absolute Gasteiger partial charge is 0.333 e. The molecule has 1 saturated carbocycles. The second kappa shape index (κ2) is 15.0. The summed E-state index contributed by atoms with van der Waals surface area (Å²) in [7, 11) is 0. The van der Waals surface area contributed by atoms with E-state index in [1.807, 2.05) is 0 Å². The average Bonchev–Trinajstić information content (AvgIpc) is 3.66. The number of allylic oxidation sites excluding steroid dienone is 1. The highest BCUT2D eigenvalue weighted by Gasteiger charge is 2.45. The van der Waals surface area contributed by atoms with E-state index in [0.717, 1.165) is 31.8 Å². The molecular weight excluding hydrogens is 472 g/mol. The summed E-state index contributed by atoms with van der Waals surface area (Å²) in [5, 5.41) is 17.2. The molecule has 2 aliphatic heterocycles. The molecule has 3 rings (SSSR count). The zero-order chi connectivity index (χ0) is 27.3. The van der Waals surface area contributed by atoms with Gasteiger partial charge in [0.25, 0.3) is 0 Å². The lowest BCUT2D eigenvalue weighted by Gasteiger charge is -2.13. The molecule has 0 aromatic carbocycles. The summed E-state index contributed by atoms with van der Waals surface area (Å²) < 4.78 is 19.7. The van der Waals surface area contributed by atoms with Gasteiger partial charge in [-0.3, -0.25) is 0 Å². The normalized spacial score (nSPS) is 20.7. The fourth-order valence-electron chi connectivity index (χ4n) is 2.89. The molecule has 3 aliphatic rings. The van der Waals surface area contributed by atoms with Crippen molar-refractivity contribution in [2.45, 2.75) is 63.8 Å². The lowest BCUT2D eigenvalue weighted by atomic mass is 9.95. The van der Waals surface area contributed by atoms with Crippen LogP contribution in [0.25, 0.3) is 0 Å². The van der Waals surface area contributed by atoms with Crippen LogP contribution in [0.15, 0.2) is 49.1 Å². The van der Waals surface area contributed by atoms with Crippen molar-refractivity contribution in [1.29, 1.82) is 0 Å². The highest BCUT2D eigenvalue weighted by molar-refractivity contribution is 5.87. The molecule has 3 atom stereocenters. The molecule has 36 heavy (non-hydrogen) atoms. The van der Waals surface area contributed by atoms with Crippen molar-refractivity contribution in [1.82, 2.24) is 0 Å². The van der Waals surface area contributed by atoms with Crippen LogP contribution in [0.5, 0.6) is 0 Å². The minimum Gasteiger partial charge on any atom is -0.478 e. The van der Waals surface area contributed by atoms with Gasteiger partial charge in [-0.1, -0.05) is 39.2 Å². The summed E-state index contributed by atoms with van der Waals surface area (Å²) in [5.41, 5.74) is 0.323. The third-order valence-corrected chi connectivity index (χ3v) is 5.26. The summed E-state index contributed by atoms with van der Waals surface area (Å²) in [4.78, 5) is 42.5. The topological polar surface area (TPSA) is 152 Å². The largest absolute Gasteiger partial charge is 0.478 e. The van der Waals surface area contributed by atoms with Crippen molar-refractivity contribution < 1.29 is 48.3 Å². The Bertz CT molecular complexity index is 860. The summed E-state index contributed by atoms with van der Waals surface area (Å²) in [6.07, 6.45) is 8.26. The molecule has 2 saturated heterocycles. The van der Waals surface area contributed by atoms with E-state index in [4.69, 9.17) is 29.2 Å². The number of aliphatic carboxylic acids is 2. The maximum Gasteiger partial charge on any atom is 0.333 e. The second-order valence-electron chi connectivity index (χ2n) is 8.72. The highest BCUT2D eigenvalue weighted by atomic mass is 16.6. The molecule has 2 N–H and O–H groups in total. The van der Waals surface area contributed by atoms with Crippen LogP contribution in [-0.4, -0.2) is 71.7 Å². The number of carbonyl (C=O) groups excluding carboxylic acids is 2. The Hall–Kier alpha value is -3.24. The van der Waals surface area contributed by atoms with Crippen LogP contribution < -0.4 is 0 Å². The first kappa shape index (κ1) is 30.8. The quantitative estimate of drug-likeness (QED) is 0.215. The number of rotatable bonds is 13. The summed E-state index contributed by atoms with van der Waals surface area (Å²) >= 11 is 0. The Balaban J connectivity index is 0.000000277. The molecule has 2 heterocycles. The van der Waals surface area contributed by atoms with Gasteiger partial charge in [-0.05, 0) is 32.6 Å². The van der Waals surface area contributed by atoms with Gasteiger partial charge in [-0.25, -0.2) is 19.2 Å². The van der Waals surface area contributed by atoms with Gasteiger partial charge in [0, 0.05) is 29.2 Å². The predicted octanol–water partition coefficient (Wildman–Crippen LogP) is 3.23. The molecular formula is C26H36O10. The number of hydrogen-bond donors (Lipinski definition) is 2. The van der Waals surface area contributed by atoms with Gasteiger partial charge in [0.05, 0.1) is 19.3 Å². The van der Waals surface area contributed by atoms with E-state index in [2.05, 4.69) is 26.7 Å².